The Kier molecular flexibility index (Phi) is 19.8. The van der Waals surface area contributed by atoms with E-state index >= 15 is 0 Å². The van der Waals surface area contributed by atoms with Gasteiger partial charge in [-0.1, -0.05) is 70.4 Å². The van der Waals surface area contributed by atoms with E-state index in [1.54, 1.807) is 0 Å². The second kappa shape index (κ2) is 20.6. The molecule has 0 spiro atoms. The maximum absolute atomic E-state index is 11.7. The van der Waals surface area contributed by atoms with Crippen LogP contribution in [-0.4, -0.2) is 63.7 Å². The van der Waals surface area contributed by atoms with Crippen LogP contribution in [0, 0.1) is 0 Å². The number of esters is 1. The standard InChI is InChI=1S/C24H44O7/c1-2-3-4-5-6-7-8-9-10-11-12-13-14-15-16-17-22(28)31-19-21(27)24(30)23(29)20(26)18-25/h12-13,18,20-21,23-24,26-27,29-30H,2-11,14-17,19H2,1H3/t20-,21+,23+,24+/m0/s1. The number of allylic oxidation sites excluding steroid dienone is 2. The van der Waals surface area contributed by atoms with Crippen LogP contribution in [0.15, 0.2) is 12.2 Å². The van der Waals surface area contributed by atoms with Crippen LogP contribution in [0.4, 0.5) is 0 Å². The monoisotopic (exact) mass is 444 g/mol. The Hall–Kier alpha value is -1.28. The summed E-state index contributed by atoms with van der Waals surface area (Å²) in [5.74, 6) is -0.504. The van der Waals surface area contributed by atoms with Gasteiger partial charge in [-0.15, -0.1) is 0 Å². The zero-order valence-corrected chi connectivity index (χ0v) is 19.2. The molecule has 182 valence electrons. The van der Waals surface area contributed by atoms with Crippen LogP contribution in [0.25, 0.3) is 0 Å². The number of carbonyl (C=O) groups excluding carboxylic acids is 2. The van der Waals surface area contributed by atoms with Crippen molar-refractivity contribution in [1.82, 2.24) is 0 Å². The Morgan fingerprint density at radius 2 is 1.29 bits per heavy atom. The lowest BCUT2D eigenvalue weighted by atomic mass is 10.0. The fourth-order valence-corrected chi connectivity index (χ4v) is 3.20. The van der Waals surface area contributed by atoms with Gasteiger partial charge in [-0.05, 0) is 32.1 Å². The molecule has 0 aromatic heterocycles. The molecule has 7 nitrogen and oxygen atoms in total. The summed E-state index contributed by atoms with van der Waals surface area (Å²) < 4.78 is 4.86. The van der Waals surface area contributed by atoms with Crippen molar-refractivity contribution in [2.75, 3.05) is 6.61 Å². The maximum Gasteiger partial charge on any atom is 0.305 e. The van der Waals surface area contributed by atoms with Crippen LogP contribution in [0.5, 0.6) is 0 Å². The first kappa shape index (κ1) is 29.7. The third-order valence-electron chi connectivity index (χ3n) is 5.29. The summed E-state index contributed by atoms with van der Waals surface area (Å²) in [6.45, 7) is 1.73. The summed E-state index contributed by atoms with van der Waals surface area (Å²) in [4.78, 5) is 22.0. The molecule has 0 saturated heterocycles. The first-order valence-corrected chi connectivity index (χ1v) is 11.9. The second-order valence-corrected chi connectivity index (χ2v) is 8.19. The summed E-state index contributed by atoms with van der Waals surface area (Å²) >= 11 is 0. The molecule has 0 aromatic carbocycles. The van der Waals surface area contributed by atoms with Crippen LogP contribution in [-0.2, 0) is 14.3 Å². The number of rotatable bonds is 21. The average Bonchev–Trinajstić information content (AvgIpc) is 2.78. The van der Waals surface area contributed by atoms with Crippen LogP contribution in [0.1, 0.15) is 96.8 Å². The molecule has 0 rings (SSSR count). The number of aliphatic hydroxyl groups excluding tert-OH is 4. The van der Waals surface area contributed by atoms with E-state index < -0.39 is 37.0 Å². The SMILES string of the molecule is CCCCCCCCCCCC=CCCCCC(=O)OC[C@@H](O)[C@@H](O)[C@H](O)[C@@H](O)C=O. The van der Waals surface area contributed by atoms with Gasteiger partial charge < -0.3 is 30.0 Å². The van der Waals surface area contributed by atoms with E-state index in [0.717, 1.165) is 19.3 Å². The van der Waals surface area contributed by atoms with Crippen LogP contribution in [0.2, 0.25) is 0 Å². The van der Waals surface area contributed by atoms with Crippen LogP contribution in [0.3, 0.4) is 0 Å². The molecule has 31 heavy (non-hydrogen) atoms. The van der Waals surface area contributed by atoms with E-state index in [-0.39, 0.29) is 12.7 Å². The first-order valence-electron chi connectivity index (χ1n) is 11.9. The predicted molar refractivity (Wildman–Crippen MR) is 121 cm³/mol. The fraction of sp³-hybridized carbons (Fsp3) is 0.833. The largest absolute Gasteiger partial charge is 0.463 e. The van der Waals surface area contributed by atoms with Gasteiger partial charge in [0.2, 0.25) is 0 Å². The Bertz CT molecular complexity index is 467. The van der Waals surface area contributed by atoms with Gasteiger partial charge in [0.1, 0.15) is 31.0 Å². The minimum absolute atomic E-state index is 0.0531. The third kappa shape index (κ3) is 17.0. The lowest BCUT2D eigenvalue weighted by Gasteiger charge is -2.23. The quantitative estimate of drug-likeness (QED) is 0.0927. The topological polar surface area (TPSA) is 124 Å². The lowest BCUT2D eigenvalue weighted by Crippen LogP contribution is -2.46. The molecule has 0 fully saturated rings. The van der Waals surface area contributed by atoms with Crippen molar-refractivity contribution in [2.45, 2.75) is 121 Å². The number of hydrogen-bond donors (Lipinski definition) is 4. The number of hydrogen-bond acceptors (Lipinski definition) is 7. The summed E-state index contributed by atoms with van der Waals surface area (Å²) in [7, 11) is 0. The lowest BCUT2D eigenvalue weighted by molar-refractivity contribution is -0.156. The molecule has 0 heterocycles. The van der Waals surface area contributed by atoms with Crippen molar-refractivity contribution in [3.05, 3.63) is 12.2 Å². The summed E-state index contributed by atoms with van der Waals surface area (Å²) in [5.41, 5.74) is 0. The van der Waals surface area contributed by atoms with E-state index in [1.165, 1.54) is 57.8 Å². The molecule has 0 unspecified atom stereocenters. The van der Waals surface area contributed by atoms with E-state index in [1.807, 2.05) is 0 Å². The summed E-state index contributed by atoms with van der Waals surface area (Å²) in [6, 6.07) is 0. The van der Waals surface area contributed by atoms with Gasteiger partial charge in [0, 0.05) is 6.42 Å². The Morgan fingerprint density at radius 3 is 1.84 bits per heavy atom. The number of aliphatic hydroxyl groups is 4. The molecule has 7 heteroatoms. The Morgan fingerprint density at radius 1 is 0.774 bits per heavy atom. The highest BCUT2D eigenvalue weighted by molar-refractivity contribution is 5.69. The van der Waals surface area contributed by atoms with Crippen molar-refractivity contribution in [3.8, 4) is 0 Å². The van der Waals surface area contributed by atoms with E-state index in [4.69, 9.17) is 9.84 Å². The predicted octanol–water partition coefficient (Wildman–Crippen LogP) is 3.21. The van der Waals surface area contributed by atoms with E-state index in [2.05, 4.69) is 19.1 Å². The smallest absolute Gasteiger partial charge is 0.305 e. The zero-order valence-electron chi connectivity index (χ0n) is 19.2. The molecule has 4 N–H and O–H groups in total. The number of carbonyl (C=O) groups is 2. The molecule has 0 amide bonds. The molecule has 0 aliphatic heterocycles. The van der Waals surface area contributed by atoms with Gasteiger partial charge in [0.25, 0.3) is 0 Å². The first-order chi connectivity index (χ1) is 14.9. The van der Waals surface area contributed by atoms with Gasteiger partial charge in [0.05, 0.1) is 0 Å². The van der Waals surface area contributed by atoms with E-state index in [9.17, 15) is 24.9 Å². The summed E-state index contributed by atoms with van der Waals surface area (Å²) in [6.07, 6.45) is 13.1. The second-order valence-electron chi connectivity index (χ2n) is 8.19. The number of aldehydes is 1. The van der Waals surface area contributed by atoms with Crippen molar-refractivity contribution < 1.29 is 34.8 Å². The normalized spacial score (nSPS) is 15.5. The number of unbranched alkanes of at least 4 members (excludes halogenated alkanes) is 11. The van der Waals surface area contributed by atoms with Crippen LogP contribution < -0.4 is 0 Å². The third-order valence-corrected chi connectivity index (χ3v) is 5.29. The molecule has 0 aromatic rings. The fourth-order valence-electron chi connectivity index (χ4n) is 3.20. The molecule has 0 aliphatic carbocycles. The van der Waals surface area contributed by atoms with Gasteiger partial charge in [-0.3, -0.25) is 4.79 Å². The van der Waals surface area contributed by atoms with Crippen molar-refractivity contribution in [3.63, 3.8) is 0 Å². The highest BCUT2D eigenvalue weighted by Gasteiger charge is 2.30. The van der Waals surface area contributed by atoms with Gasteiger partial charge in [-0.25, -0.2) is 0 Å². The van der Waals surface area contributed by atoms with E-state index in [0.29, 0.717) is 6.42 Å². The van der Waals surface area contributed by atoms with Crippen molar-refractivity contribution in [1.29, 1.82) is 0 Å². The molecule has 4 atom stereocenters. The molecule has 0 bridgehead atoms. The summed E-state index contributed by atoms with van der Waals surface area (Å²) in [5, 5.41) is 37.8. The highest BCUT2D eigenvalue weighted by Crippen LogP contribution is 2.11. The Labute approximate surface area is 187 Å². The highest BCUT2D eigenvalue weighted by atomic mass is 16.5. The maximum atomic E-state index is 11.7. The Balaban J connectivity index is 3.57. The molecular formula is C24H44O7. The van der Waals surface area contributed by atoms with Gasteiger partial charge >= 0.3 is 5.97 Å². The molecule has 0 radical (unpaired) electrons. The molecule has 0 aliphatic rings. The van der Waals surface area contributed by atoms with Crippen LogP contribution >= 0.6 is 0 Å². The molecule has 0 saturated carbocycles. The molecular weight excluding hydrogens is 400 g/mol. The van der Waals surface area contributed by atoms with Crippen molar-refractivity contribution in [2.24, 2.45) is 0 Å². The van der Waals surface area contributed by atoms with Gasteiger partial charge in [-0.2, -0.15) is 0 Å². The minimum atomic E-state index is -1.84. The number of ether oxygens (including phenoxy) is 1. The van der Waals surface area contributed by atoms with Gasteiger partial charge in [0.15, 0.2) is 6.29 Å². The minimum Gasteiger partial charge on any atom is -0.463 e. The van der Waals surface area contributed by atoms with Crippen molar-refractivity contribution >= 4 is 12.3 Å². The zero-order chi connectivity index (χ0) is 23.3. The average molecular weight is 445 g/mol.